The van der Waals surface area contributed by atoms with Crippen LogP contribution in [0.4, 0.5) is 5.69 Å². The van der Waals surface area contributed by atoms with Crippen LogP contribution in [0.3, 0.4) is 0 Å². The summed E-state index contributed by atoms with van der Waals surface area (Å²) in [6, 6.07) is 7.17. The van der Waals surface area contributed by atoms with E-state index >= 15 is 0 Å². The molecule has 18 heavy (non-hydrogen) atoms. The Kier molecular flexibility index (Phi) is 3.52. The summed E-state index contributed by atoms with van der Waals surface area (Å²) in [6.45, 7) is 0.0133. The van der Waals surface area contributed by atoms with E-state index < -0.39 is 0 Å². The lowest BCUT2D eigenvalue weighted by atomic mass is 10.1. The lowest BCUT2D eigenvalue weighted by Gasteiger charge is -2.04. The zero-order valence-electron chi connectivity index (χ0n) is 9.91. The fourth-order valence-electron chi connectivity index (χ4n) is 1.43. The molecule has 0 radical (unpaired) electrons. The fourth-order valence-corrected chi connectivity index (χ4v) is 1.43. The number of nitrogens with zero attached hydrogens (tertiary/aromatic N) is 4. The highest BCUT2D eigenvalue weighted by molar-refractivity contribution is 5.74. The summed E-state index contributed by atoms with van der Waals surface area (Å²) in [5.74, 6) is -0.00719. The summed E-state index contributed by atoms with van der Waals surface area (Å²) in [7, 11) is 1.64. The van der Waals surface area contributed by atoms with Crippen LogP contribution in [0.2, 0.25) is 0 Å². The first-order chi connectivity index (χ1) is 8.65. The number of benzene rings is 1. The number of esters is 1. The van der Waals surface area contributed by atoms with Crippen molar-refractivity contribution >= 4 is 11.7 Å². The maximum Gasteiger partial charge on any atom is 0.310 e. The number of aromatic nitrogens is 4. The van der Waals surface area contributed by atoms with Gasteiger partial charge in [-0.3, -0.25) is 4.79 Å². The molecule has 0 fully saturated rings. The lowest BCUT2D eigenvalue weighted by Crippen LogP contribution is -2.10. The van der Waals surface area contributed by atoms with Crippen LogP contribution in [-0.4, -0.2) is 26.2 Å². The number of anilines is 1. The molecular formula is C11H13N5O2. The van der Waals surface area contributed by atoms with E-state index in [0.29, 0.717) is 11.5 Å². The van der Waals surface area contributed by atoms with Gasteiger partial charge in [0, 0.05) is 5.69 Å². The highest BCUT2D eigenvalue weighted by Crippen LogP contribution is 2.11. The number of hydrogen-bond acceptors (Lipinski definition) is 6. The molecule has 1 heterocycles. The first kappa shape index (κ1) is 12.0. The van der Waals surface area contributed by atoms with Gasteiger partial charge in [0.1, 0.15) is 0 Å². The van der Waals surface area contributed by atoms with Crippen molar-refractivity contribution in [2.45, 2.75) is 13.0 Å². The number of rotatable bonds is 4. The van der Waals surface area contributed by atoms with Crippen LogP contribution in [0.1, 0.15) is 11.4 Å². The molecule has 0 amide bonds. The first-order valence-corrected chi connectivity index (χ1v) is 5.37. The van der Waals surface area contributed by atoms with Gasteiger partial charge in [0.05, 0.1) is 13.5 Å². The van der Waals surface area contributed by atoms with Gasteiger partial charge in [0.15, 0.2) is 6.61 Å². The summed E-state index contributed by atoms with van der Waals surface area (Å²) in [5, 5.41) is 11.2. The molecule has 0 bridgehead atoms. The Morgan fingerprint density at radius 2 is 2.22 bits per heavy atom. The van der Waals surface area contributed by atoms with E-state index in [1.807, 2.05) is 12.1 Å². The molecule has 0 saturated carbocycles. The van der Waals surface area contributed by atoms with Gasteiger partial charge in [-0.2, -0.15) is 4.80 Å². The number of nitrogen functional groups attached to an aromatic ring is 1. The van der Waals surface area contributed by atoms with Crippen molar-refractivity contribution in [3.8, 4) is 0 Å². The number of tetrazole rings is 1. The number of hydrogen-bond donors (Lipinski definition) is 1. The molecule has 7 nitrogen and oxygen atoms in total. The number of ether oxygens (including phenoxy) is 1. The number of aryl methyl sites for hydroxylation is 1. The third-order valence-corrected chi connectivity index (χ3v) is 2.30. The monoisotopic (exact) mass is 247 g/mol. The van der Waals surface area contributed by atoms with Crippen molar-refractivity contribution < 1.29 is 9.53 Å². The molecule has 2 aromatic rings. The third-order valence-electron chi connectivity index (χ3n) is 2.30. The Balaban J connectivity index is 1.88. The largest absolute Gasteiger partial charge is 0.457 e. The maximum absolute atomic E-state index is 11.6. The number of para-hydroxylation sites is 1. The van der Waals surface area contributed by atoms with Crippen LogP contribution in [0.25, 0.3) is 0 Å². The quantitative estimate of drug-likeness (QED) is 0.607. The molecular weight excluding hydrogens is 234 g/mol. The second kappa shape index (κ2) is 5.26. The topological polar surface area (TPSA) is 95.9 Å². The van der Waals surface area contributed by atoms with Crippen LogP contribution < -0.4 is 5.73 Å². The molecule has 0 atom stereocenters. The van der Waals surface area contributed by atoms with Gasteiger partial charge in [0.2, 0.25) is 5.82 Å². The average Bonchev–Trinajstić information content (AvgIpc) is 2.76. The molecule has 2 N–H and O–H groups in total. The predicted octanol–water partition coefficient (Wildman–Crippen LogP) is 0.0782. The molecule has 1 aromatic heterocycles. The number of nitrogens with two attached hydrogens (primary N) is 1. The smallest absolute Gasteiger partial charge is 0.310 e. The molecule has 0 saturated heterocycles. The van der Waals surface area contributed by atoms with E-state index in [2.05, 4.69) is 15.4 Å². The molecule has 0 spiro atoms. The second-order valence-electron chi connectivity index (χ2n) is 3.73. The highest BCUT2D eigenvalue weighted by Gasteiger charge is 2.09. The van der Waals surface area contributed by atoms with Gasteiger partial charge in [-0.1, -0.05) is 18.2 Å². The van der Waals surface area contributed by atoms with Crippen LogP contribution >= 0.6 is 0 Å². The summed E-state index contributed by atoms with van der Waals surface area (Å²) in [6.07, 6.45) is 0.132. The van der Waals surface area contributed by atoms with Gasteiger partial charge in [-0.25, -0.2) is 0 Å². The van der Waals surface area contributed by atoms with Crippen molar-refractivity contribution in [2.24, 2.45) is 7.05 Å². The summed E-state index contributed by atoms with van der Waals surface area (Å²) in [5.41, 5.74) is 7.05. The Bertz CT molecular complexity index is 552. The van der Waals surface area contributed by atoms with Crippen molar-refractivity contribution in [3.63, 3.8) is 0 Å². The number of carbonyl (C=O) groups is 1. The Morgan fingerprint density at radius 3 is 2.89 bits per heavy atom. The predicted molar refractivity (Wildman–Crippen MR) is 63.2 cm³/mol. The van der Waals surface area contributed by atoms with Gasteiger partial charge in [0.25, 0.3) is 0 Å². The summed E-state index contributed by atoms with van der Waals surface area (Å²) in [4.78, 5) is 12.9. The van der Waals surface area contributed by atoms with E-state index in [-0.39, 0.29) is 19.0 Å². The van der Waals surface area contributed by atoms with Gasteiger partial charge >= 0.3 is 5.97 Å². The average molecular weight is 247 g/mol. The van der Waals surface area contributed by atoms with E-state index in [1.165, 1.54) is 4.80 Å². The minimum atomic E-state index is -0.375. The molecule has 0 aliphatic heterocycles. The molecule has 2 rings (SSSR count). The minimum Gasteiger partial charge on any atom is -0.457 e. The van der Waals surface area contributed by atoms with E-state index in [9.17, 15) is 4.79 Å². The van der Waals surface area contributed by atoms with Crippen molar-refractivity contribution in [1.29, 1.82) is 0 Å². The molecule has 0 aliphatic carbocycles. The van der Waals surface area contributed by atoms with Crippen molar-refractivity contribution in [2.75, 3.05) is 5.73 Å². The van der Waals surface area contributed by atoms with Crippen LogP contribution in [0.15, 0.2) is 24.3 Å². The zero-order chi connectivity index (χ0) is 13.0. The Labute approximate surface area is 104 Å². The van der Waals surface area contributed by atoms with E-state index in [1.54, 1.807) is 19.2 Å². The standard InChI is InChI=1S/C11H13N5O2/c1-16-14-10(13-15-16)7-18-11(17)6-8-4-2-3-5-9(8)12/h2-5H,6-7,12H2,1H3. The van der Waals surface area contributed by atoms with E-state index in [4.69, 9.17) is 10.5 Å². The van der Waals surface area contributed by atoms with Crippen LogP contribution in [0, 0.1) is 0 Å². The van der Waals surface area contributed by atoms with Gasteiger partial charge < -0.3 is 10.5 Å². The summed E-state index contributed by atoms with van der Waals surface area (Å²) < 4.78 is 5.03. The lowest BCUT2D eigenvalue weighted by molar-refractivity contribution is -0.144. The Hall–Kier alpha value is -2.44. The van der Waals surface area contributed by atoms with Gasteiger partial charge in [-0.05, 0) is 16.8 Å². The van der Waals surface area contributed by atoms with Crippen LogP contribution in [0.5, 0.6) is 0 Å². The van der Waals surface area contributed by atoms with Crippen molar-refractivity contribution in [1.82, 2.24) is 20.2 Å². The van der Waals surface area contributed by atoms with Crippen molar-refractivity contribution in [3.05, 3.63) is 35.7 Å². The van der Waals surface area contributed by atoms with Crippen LogP contribution in [-0.2, 0) is 29.6 Å². The first-order valence-electron chi connectivity index (χ1n) is 5.37. The fraction of sp³-hybridized carbons (Fsp3) is 0.273. The highest BCUT2D eigenvalue weighted by atomic mass is 16.5. The molecule has 7 heteroatoms. The molecule has 94 valence electrons. The Morgan fingerprint density at radius 1 is 1.44 bits per heavy atom. The molecule has 0 aliphatic rings. The minimum absolute atomic E-state index is 0.0133. The zero-order valence-corrected chi connectivity index (χ0v) is 9.91. The second-order valence-corrected chi connectivity index (χ2v) is 3.73. The molecule has 1 aromatic carbocycles. The normalized spacial score (nSPS) is 10.3. The van der Waals surface area contributed by atoms with Gasteiger partial charge in [-0.15, -0.1) is 10.2 Å². The molecule has 0 unspecified atom stereocenters. The maximum atomic E-state index is 11.6. The SMILES string of the molecule is Cn1nnc(COC(=O)Cc2ccccc2N)n1. The summed E-state index contributed by atoms with van der Waals surface area (Å²) >= 11 is 0. The third kappa shape index (κ3) is 3.03. The number of carbonyl (C=O) groups excluding carboxylic acids is 1. The van der Waals surface area contributed by atoms with E-state index in [0.717, 1.165) is 5.56 Å².